The summed E-state index contributed by atoms with van der Waals surface area (Å²) in [6.07, 6.45) is 4.02. The van der Waals surface area contributed by atoms with E-state index in [-0.39, 0.29) is 11.8 Å². The highest BCUT2D eigenvalue weighted by atomic mass is 16.2. The van der Waals surface area contributed by atoms with Crippen LogP contribution in [0.25, 0.3) is 0 Å². The molecule has 1 aliphatic heterocycles. The van der Waals surface area contributed by atoms with Crippen LogP contribution in [0.2, 0.25) is 0 Å². The summed E-state index contributed by atoms with van der Waals surface area (Å²) in [4.78, 5) is 27.0. The van der Waals surface area contributed by atoms with Crippen molar-refractivity contribution in [3.63, 3.8) is 0 Å². The molecule has 0 saturated carbocycles. The fraction of sp³-hybridized carbons (Fsp3) is 0.556. The summed E-state index contributed by atoms with van der Waals surface area (Å²) in [5, 5.41) is 2.90. The largest absolute Gasteiger partial charge is 0.355 e. The average molecular weight is 302 g/mol. The molecule has 22 heavy (non-hydrogen) atoms. The Kier molecular flexibility index (Phi) is 5.22. The monoisotopic (exact) mass is 302 g/mol. The third-order valence-electron chi connectivity index (χ3n) is 4.30. The van der Waals surface area contributed by atoms with E-state index in [1.807, 2.05) is 24.3 Å². The van der Waals surface area contributed by atoms with Gasteiger partial charge in [0.25, 0.3) is 0 Å². The lowest BCUT2D eigenvalue weighted by atomic mass is 9.90. The number of hydrogen-bond acceptors (Lipinski definition) is 2. The van der Waals surface area contributed by atoms with Gasteiger partial charge in [0.15, 0.2) is 0 Å². The highest BCUT2D eigenvalue weighted by Crippen LogP contribution is 2.31. The minimum absolute atomic E-state index is 0.120. The smallest absolute Gasteiger partial charge is 0.242 e. The predicted molar refractivity (Wildman–Crippen MR) is 88.8 cm³/mol. The van der Waals surface area contributed by atoms with Gasteiger partial charge in [0.1, 0.15) is 5.41 Å². The Hall–Kier alpha value is -1.84. The zero-order valence-electron chi connectivity index (χ0n) is 13.8. The number of fused-ring (bicyclic) bond motifs is 1. The lowest BCUT2D eigenvalue weighted by molar-refractivity contribution is -0.139. The molecule has 1 aromatic carbocycles. The van der Waals surface area contributed by atoms with Crippen molar-refractivity contribution in [2.24, 2.45) is 5.41 Å². The third kappa shape index (κ3) is 3.32. The van der Waals surface area contributed by atoms with Gasteiger partial charge in [-0.05, 0) is 38.3 Å². The SMILES string of the molecule is CCCCCNC(=O)C(C)(C)C(=O)N1CCc2ccccc21. The van der Waals surface area contributed by atoms with Crippen molar-refractivity contribution in [2.45, 2.75) is 46.5 Å². The van der Waals surface area contributed by atoms with E-state index >= 15 is 0 Å². The van der Waals surface area contributed by atoms with Crippen molar-refractivity contribution in [1.82, 2.24) is 5.32 Å². The molecule has 4 nitrogen and oxygen atoms in total. The molecule has 2 rings (SSSR count). The molecule has 0 atom stereocenters. The average Bonchev–Trinajstić information content (AvgIpc) is 2.94. The summed E-state index contributed by atoms with van der Waals surface area (Å²) in [5.41, 5.74) is 1.08. The van der Waals surface area contributed by atoms with Gasteiger partial charge in [-0.15, -0.1) is 0 Å². The Morgan fingerprint density at radius 1 is 1.23 bits per heavy atom. The van der Waals surface area contributed by atoms with Gasteiger partial charge < -0.3 is 10.2 Å². The molecule has 0 spiro atoms. The number of carbonyl (C=O) groups is 2. The highest BCUT2D eigenvalue weighted by molar-refractivity contribution is 6.11. The van der Waals surface area contributed by atoms with Crippen molar-refractivity contribution in [3.8, 4) is 0 Å². The molecule has 1 N–H and O–H groups in total. The first kappa shape index (κ1) is 16.5. The second-order valence-electron chi connectivity index (χ2n) is 6.42. The molecule has 4 heteroatoms. The van der Waals surface area contributed by atoms with Gasteiger partial charge in [-0.25, -0.2) is 0 Å². The number of amides is 2. The normalized spacial score (nSPS) is 13.9. The minimum atomic E-state index is -1.04. The van der Waals surface area contributed by atoms with E-state index in [9.17, 15) is 9.59 Å². The Bertz CT molecular complexity index is 552. The summed E-state index contributed by atoms with van der Waals surface area (Å²) < 4.78 is 0. The Morgan fingerprint density at radius 3 is 2.68 bits per heavy atom. The fourth-order valence-corrected chi connectivity index (χ4v) is 2.78. The lowest BCUT2D eigenvalue weighted by Gasteiger charge is -2.28. The molecule has 2 amide bonds. The molecule has 0 saturated heterocycles. The molecule has 1 aliphatic rings. The fourth-order valence-electron chi connectivity index (χ4n) is 2.78. The number of benzene rings is 1. The minimum Gasteiger partial charge on any atom is -0.355 e. The summed E-state index contributed by atoms with van der Waals surface area (Å²) >= 11 is 0. The van der Waals surface area contributed by atoms with Crippen molar-refractivity contribution in [3.05, 3.63) is 29.8 Å². The van der Waals surface area contributed by atoms with Crippen molar-refractivity contribution in [2.75, 3.05) is 18.0 Å². The number of para-hydroxylation sites is 1. The summed E-state index contributed by atoms with van der Waals surface area (Å²) in [6, 6.07) is 7.91. The van der Waals surface area contributed by atoms with Crippen LogP contribution in [-0.4, -0.2) is 24.9 Å². The summed E-state index contributed by atoms with van der Waals surface area (Å²) in [5.74, 6) is -0.302. The van der Waals surface area contributed by atoms with Crippen LogP contribution < -0.4 is 10.2 Å². The molecule has 0 fully saturated rings. The van der Waals surface area contributed by atoms with Crippen molar-refractivity contribution in [1.29, 1.82) is 0 Å². The van der Waals surface area contributed by atoms with E-state index in [4.69, 9.17) is 0 Å². The second-order valence-corrected chi connectivity index (χ2v) is 6.42. The quantitative estimate of drug-likeness (QED) is 0.649. The molecular formula is C18H26N2O2. The number of nitrogens with zero attached hydrogens (tertiary/aromatic N) is 1. The van der Waals surface area contributed by atoms with Crippen LogP contribution in [0.5, 0.6) is 0 Å². The Balaban J connectivity index is 2.03. The van der Waals surface area contributed by atoms with Crippen LogP contribution >= 0.6 is 0 Å². The molecule has 0 unspecified atom stereocenters. The van der Waals surface area contributed by atoms with E-state index in [1.54, 1.807) is 18.7 Å². The second kappa shape index (κ2) is 6.95. The maximum atomic E-state index is 12.8. The molecule has 0 bridgehead atoms. The van der Waals surface area contributed by atoms with Crippen LogP contribution in [0.3, 0.4) is 0 Å². The highest BCUT2D eigenvalue weighted by Gasteiger charge is 2.41. The topological polar surface area (TPSA) is 49.4 Å². The van der Waals surface area contributed by atoms with E-state index in [2.05, 4.69) is 12.2 Å². The molecule has 1 aromatic rings. The van der Waals surface area contributed by atoms with E-state index in [0.29, 0.717) is 13.1 Å². The van der Waals surface area contributed by atoms with Crippen LogP contribution in [0.15, 0.2) is 24.3 Å². The van der Waals surface area contributed by atoms with Crippen LogP contribution in [0, 0.1) is 5.41 Å². The number of rotatable bonds is 6. The first-order valence-electron chi connectivity index (χ1n) is 8.16. The van der Waals surface area contributed by atoms with Crippen LogP contribution in [0.1, 0.15) is 45.6 Å². The number of nitrogens with one attached hydrogen (secondary N) is 1. The van der Waals surface area contributed by atoms with Crippen LogP contribution in [0.4, 0.5) is 5.69 Å². The zero-order valence-corrected chi connectivity index (χ0v) is 13.8. The summed E-state index contributed by atoms with van der Waals surface area (Å²) in [7, 11) is 0. The van der Waals surface area contributed by atoms with Gasteiger partial charge >= 0.3 is 0 Å². The maximum absolute atomic E-state index is 12.8. The van der Waals surface area contributed by atoms with Gasteiger partial charge in [-0.2, -0.15) is 0 Å². The van der Waals surface area contributed by atoms with Gasteiger partial charge in [0.2, 0.25) is 11.8 Å². The van der Waals surface area contributed by atoms with Crippen molar-refractivity contribution >= 4 is 17.5 Å². The Labute approximate surface area is 132 Å². The van der Waals surface area contributed by atoms with E-state index in [1.165, 1.54) is 5.56 Å². The van der Waals surface area contributed by atoms with E-state index < -0.39 is 5.41 Å². The maximum Gasteiger partial charge on any atom is 0.242 e. The van der Waals surface area contributed by atoms with Gasteiger partial charge in [0, 0.05) is 18.8 Å². The molecule has 1 heterocycles. The number of hydrogen-bond donors (Lipinski definition) is 1. The predicted octanol–water partition coefficient (Wildman–Crippen LogP) is 2.91. The summed E-state index contributed by atoms with van der Waals surface area (Å²) in [6.45, 7) is 6.85. The van der Waals surface area contributed by atoms with Gasteiger partial charge in [0.05, 0.1) is 0 Å². The first-order chi connectivity index (χ1) is 10.5. The Morgan fingerprint density at radius 2 is 1.95 bits per heavy atom. The molecule has 0 aromatic heterocycles. The van der Waals surface area contributed by atoms with Gasteiger partial charge in [-0.1, -0.05) is 38.0 Å². The number of anilines is 1. The third-order valence-corrected chi connectivity index (χ3v) is 4.30. The lowest BCUT2D eigenvalue weighted by Crippen LogP contribution is -2.49. The zero-order chi connectivity index (χ0) is 16.2. The number of unbranched alkanes of at least 4 members (excludes halogenated alkanes) is 2. The molecular weight excluding hydrogens is 276 g/mol. The first-order valence-corrected chi connectivity index (χ1v) is 8.16. The molecule has 0 aliphatic carbocycles. The number of carbonyl (C=O) groups excluding carboxylic acids is 2. The standard InChI is InChI=1S/C18H26N2O2/c1-4-5-8-12-19-16(21)18(2,3)17(22)20-13-11-14-9-6-7-10-15(14)20/h6-7,9-10H,4-5,8,11-13H2,1-3H3,(H,19,21). The molecule has 0 radical (unpaired) electrons. The van der Waals surface area contributed by atoms with Gasteiger partial charge in [-0.3, -0.25) is 9.59 Å². The van der Waals surface area contributed by atoms with E-state index in [0.717, 1.165) is 31.4 Å². The van der Waals surface area contributed by atoms with Crippen LogP contribution in [-0.2, 0) is 16.0 Å². The van der Waals surface area contributed by atoms with Crippen molar-refractivity contribution < 1.29 is 9.59 Å². The molecule has 120 valence electrons.